The fourth-order valence-electron chi connectivity index (χ4n) is 4.12. The third-order valence-corrected chi connectivity index (χ3v) is 10.1. The number of phenolic OH excluding ortho intramolecular Hbond substituents is 1. The molecule has 0 aliphatic carbocycles. The Balaban J connectivity index is 2.03. The quantitative estimate of drug-likeness (QED) is 0.309. The summed E-state index contributed by atoms with van der Waals surface area (Å²) in [4.78, 5) is 12.7. The van der Waals surface area contributed by atoms with Crippen molar-refractivity contribution in [3.05, 3.63) is 115 Å². The molecule has 5 heteroatoms. The van der Waals surface area contributed by atoms with E-state index in [4.69, 9.17) is 9.47 Å². The number of rotatable bonds is 8. The van der Waals surface area contributed by atoms with Crippen LogP contribution >= 0.6 is 7.26 Å². The molecule has 0 saturated heterocycles. The maximum Gasteiger partial charge on any atom is 0.313 e. The number of phenols is 1. The molecule has 1 atom stereocenters. The van der Waals surface area contributed by atoms with Gasteiger partial charge in [-0.3, -0.25) is 4.79 Å². The van der Waals surface area contributed by atoms with Crippen LogP contribution in [0.3, 0.4) is 0 Å². The Labute approximate surface area is 194 Å². The van der Waals surface area contributed by atoms with Crippen LogP contribution in [0, 0.1) is 0 Å². The first-order chi connectivity index (χ1) is 16.2. The summed E-state index contributed by atoms with van der Waals surface area (Å²) >= 11 is 0. The maximum atomic E-state index is 12.7. The van der Waals surface area contributed by atoms with Crippen molar-refractivity contribution in [2.75, 3.05) is 7.11 Å². The average Bonchev–Trinajstić information content (AvgIpc) is 2.87. The van der Waals surface area contributed by atoms with E-state index in [0.29, 0.717) is 5.75 Å². The highest BCUT2D eigenvalue weighted by Gasteiger charge is 2.55. The normalized spacial score (nSPS) is 12.0. The molecule has 0 heterocycles. The molecule has 0 aliphatic heterocycles. The number of hydrogen-bond acceptors (Lipinski definition) is 4. The Bertz CT molecular complexity index is 1080. The Morgan fingerprint density at radius 1 is 0.727 bits per heavy atom. The number of hydrogen-bond donors (Lipinski definition) is 1. The van der Waals surface area contributed by atoms with E-state index in [1.807, 2.05) is 54.6 Å². The number of aromatic hydroxyl groups is 1. The summed E-state index contributed by atoms with van der Waals surface area (Å²) in [6.45, 7) is 0. The van der Waals surface area contributed by atoms with Gasteiger partial charge in [-0.05, 0) is 48.5 Å². The van der Waals surface area contributed by atoms with Gasteiger partial charge in [0.2, 0.25) is 5.85 Å². The van der Waals surface area contributed by atoms with Gasteiger partial charge >= 0.3 is 5.97 Å². The molecule has 33 heavy (non-hydrogen) atoms. The minimum absolute atomic E-state index is 0.0251. The zero-order valence-electron chi connectivity index (χ0n) is 18.4. The van der Waals surface area contributed by atoms with E-state index in [1.54, 1.807) is 24.3 Å². The predicted octanol–water partition coefficient (Wildman–Crippen LogP) is 4.65. The van der Waals surface area contributed by atoms with Crippen molar-refractivity contribution in [2.45, 2.75) is 12.3 Å². The molecule has 1 N–H and O–H groups in total. The lowest BCUT2D eigenvalue weighted by Crippen LogP contribution is -2.42. The van der Waals surface area contributed by atoms with Crippen LogP contribution in [0.4, 0.5) is 0 Å². The van der Waals surface area contributed by atoms with Gasteiger partial charge in [-0.15, -0.1) is 0 Å². The number of benzene rings is 4. The van der Waals surface area contributed by atoms with Crippen molar-refractivity contribution in [3.63, 3.8) is 0 Å². The molecular weight excluding hydrogens is 431 g/mol. The summed E-state index contributed by atoms with van der Waals surface area (Å²) in [5.41, 5.74) is 0. The largest absolute Gasteiger partial charge is 0.504 e. The van der Waals surface area contributed by atoms with E-state index in [0.717, 1.165) is 15.9 Å². The van der Waals surface area contributed by atoms with Crippen molar-refractivity contribution in [3.8, 4) is 11.5 Å². The van der Waals surface area contributed by atoms with Crippen LogP contribution in [0.1, 0.15) is 6.42 Å². The summed E-state index contributed by atoms with van der Waals surface area (Å²) in [7, 11) is -1.17. The third-order valence-electron chi connectivity index (χ3n) is 5.62. The van der Waals surface area contributed by atoms with Crippen LogP contribution in [0.15, 0.2) is 115 Å². The summed E-state index contributed by atoms with van der Waals surface area (Å²) in [6, 6.07) is 37.4. The zero-order chi connectivity index (χ0) is 23.1. The molecule has 0 spiro atoms. The lowest BCUT2D eigenvalue weighted by atomic mass is 10.3. The predicted molar refractivity (Wildman–Crippen MR) is 134 cm³/mol. The molecular formula is C28H26O4P+. The summed E-state index contributed by atoms with van der Waals surface area (Å²) in [5.74, 6) is -0.619. The molecule has 0 amide bonds. The second-order valence-corrected chi connectivity index (χ2v) is 11.1. The topological polar surface area (TPSA) is 55.8 Å². The van der Waals surface area contributed by atoms with Gasteiger partial charge in [0.25, 0.3) is 0 Å². The summed E-state index contributed by atoms with van der Waals surface area (Å²) in [5, 5.41) is 13.7. The highest BCUT2D eigenvalue weighted by Crippen LogP contribution is 2.61. The SMILES string of the molecule is COC(=O)CC(Oc1ccccc1O)[P+](c1ccccc1)(c1ccccc1)c1ccccc1. The van der Waals surface area contributed by atoms with Gasteiger partial charge in [-0.25, -0.2) is 0 Å². The number of esters is 1. The second kappa shape index (κ2) is 10.3. The van der Waals surface area contributed by atoms with Crippen LogP contribution in [0.5, 0.6) is 11.5 Å². The lowest BCUT2D eigenvalue weighted by molar-refractivity contribution is -0.141. The Morgan fingerprint density at radius 3 is 1.58 bits per heavy atom. The summed E-state index contributed by atoms with van der Waals surface area (Å²) in [6.07, 6.45) is 0.0251. The van der Waals surface area contributed by atoms with Gasteiger partial charge < -0.3 is 14.6 Å². The van der Waals surface area contributed by atoms with Crippen molar-refractivity contribution in [1.82, 2.24) is 0 Å². The Morgan fingerprint density at radius 2 is 1.15 bits per heavy atom. The lowest BCUT2D eigenvalue weighted by Gasteiger charge is -2.34. The molecule has 0 fully saturated rings. The molecule has 0 aliphatic rings. The minimum Gasteiger partial charge on any atom is -0.504 e. The smallest absolute Gasteiger partial charge is 0.313 e. The van der Waals surface area contributed by atoms with E-state index in [-0.39, 0.29) is 18.1 Å². The third kappa shape index (κ3) is 4.62. The molecule has 4 nitrogen and oxygen atoms in total. The van der Waals surface area contributed by atoms with E-state index in [1.165, 1.54) is 7.11 Å². The molecule has 4 aromatic carbocycles. The van der Waals surface area contributed by atoms with E-state index in [9.17, 15) is 9.90 Å². The summed E-state index contributed by atoms with van der Waals surface area (Å²) < 4.78 is 11.6. The van der Waals surface area contributed by atoms with Crippen molar-refractivity contribution >= 4 is 29.1 Å². The van der Waals surface area contributed by atoms with E-state index < -0.39 is 13.1 Å². The zero-order valence-corrected chi connectivity index (χ0v) is 19.3. The van der Waals surface area contributed by atoms with Crippen LogP contribution < -0.4 is 20.7 Å². The van der Waals surface area contributed by atoms with Gasteiger partial charge in [0.05, 0.1) is 7.11 Å². The molecule has 0 radical (unpaired) electrons. The van der Waals surface area contributed by atoms with Gasteiger partial charge in [0.15, 0.2) is 18.8 Å². The highest BCUT2D eigenvalue weighted by molar-refractivity contribution is 7.96. The van der Waals surface area contributed by atoms with Crippen molar-refractivity contribution in [1.29, 1.82) is 0 Å². The van der Waals surface area contributed by atoms with Crippen LogP contribution in [-0.4, -0.2) is 24.0 Å². The molecule has 0 saturated carbocycles. The van der Waals surface area contributed by atoms with Gasteiger partial charge in [-0.2, -0.15) is 0 Å². The highest BCUT2D eigenvalue weighted by atomic mass is 31.2. The molecule has 166 valence electrons. The first-order valence-electron chi connectivity index (χ1n) is 10.7. The van der Waals surface area contributed by atoms with Gasteiger partial charge in [0, 0.05) is 0 Å². The monoisotopic (exact) mass is 457 g/mol. The second-order valence-electron chi connectivity index (χ2n) is 7.55. The molecule has 0 bridgehead atoms. The molecule has 4 aromatic rings. The van der Waals surface area contributed by atoms with Crippen LogP contribution in [-0.2, 0) is 9.53 Å². The van der Waals surface area contributed by atoms with Crippen LogP contribution in [0.2, 0.25) is 0 Å². The number of methoxy groups -OCH3 is 1. The number of ether oxygens (including phenoxy) is 2. The molecule has 4 rings (SSSR count). The molecule has 0 aromatic heterocycles. The average molecular weight is 457 g/mol. The van der Waals surface area contributed by atoms with Gasteiger partial charge in [0.1, 0.15) is 22.3 Å². The van der Waals surface area contributed by atoms with Crippen LogP contribution in [0.25, 0.3) is 0 Å². The minimum atomic E-state index is -2.55. The number of carbonyl (C=O) groups is 1. The van der Waals surface area contributed by atoms with Gasteiger partial charge in [-0.1, -0.05) is 66.7 Å². The van der Waals surface area contributed by atoms with E-state index in [2.05, 4.69) is 36.4 Å². The van der Waals surface area contributed by atoms with Crippen molar-refractivity contribution < 1.29 is 19.4 Å². The fraction of sp³-hybridized carbons (Fsp3) is 0.107. The maximum absolute atomic E-state index is 12.7. The number of para-hydroxylation sites is 2. The molecule has 1 unspecified atom stereocenters. The number of carbonyl (C=O) groups excluding carboxylic acids is 1. The standard InChI is InChI=1S/C28H25O4P/c1-31-27(30)21-28(32-26-20-12-11-19-25(26)29)33(22-13-5-2-6-14-22,23-15-7-3-8-16-23)24-17-9-4-10-18-24/h2-20,28H,21H2,1H3/p+1. The first-order valence-corrected chi connectivity index (χ1v) is 12.6. The Hall–Kier alpha value is -3.62. The van der Waals surface area contributed by atoms with Crippen molar-refractivity contribution in [2.24, 2.45) is 0 Å². The first kappa shape index (κ1) is 22.6. The Kier molecular flexibility index (Phi) is 7.07. The fourth-order valence-corrected chi connectivity index (χ4v) is 8.64. The van der Waals surface area contributed by atoms with E-state index >= 15 is 0 Å².